The smallest absolute Gasteiger partial charge is 0.133 e. The lowest BCUT2D eigenvalue weighted by Crippen LogP contribution is -2.18. The molecule has 1 aliphatic rings. The van der Waals surface area contributed by atoms with Crippen LogP contribution in [0.1, 0.15) is 18.1 Å². The molecular formula is C11H14N2. The van der Waals surface area contributed by atoms with Gasteiger partial charge in [-0.05, 0) is 30.4 Å². The molecule has 0 fully saturated rings. The van der Waals surface area contributed by atoms with Crippen LogP contribution in [0.3, 0.4) is 0 Å². The third-order valence-electron chi connectivity index (χ3n) is 2.50. The van der Waals surface area contributed by atoms with Gasteiger partial charge in [-0.2, -0.15) is 0 Å². The molecule has 13 heavy (non-hydrogen) atoms. The van der Waals surface area contributed by atoms with Crippen LogP contribution in [-0.4, -0.2) is 4.98 Å². The van der Waals surface area contributed by atoms with E-state index in [4.69, 9.17) is 0 Å². The topological polar surface area (TPSA) is 24.9 Å². The molecule has 2 heteroatoms. The second-order valence-corrected chi connectivity index (χ2v) is 3.78. The van der Waals surface area contributed by atoms with E-state index in [0.717, 1.165) is 17.9 Å². The molecule has 2 heterocycles. The Labute approximate surface area is 78.7 Å². The molecule has 1 aromatic rings. The summed E-state index contributed by atoms with van der Waals surface area (Å²) >= 11 is 0. The fraction of sp³-hybridized carbons (Fsp3) is 0.364. The normalized spacial score (nSPS) is 20.8. The summed E-state index contributed by atoms with van der Waals surface area (Å²) in [6, 6.07) is 2.19. The molecule has 1 aliphatic heterocycles. The van der Waals surface area contributed by atoms with E-state index < -0.39 is 0 Å². The molecule has 2 nitrogen and oxygen atoms in total. The molecule has 0 saturated heterocycles. The highest BCUT2D eigenvalue weighted by Gasteiger charge is 2.18. The summed E-state index contributed by atoms with van der Waals surface area (Å²) in [7, 11) is 0. The number of rotatable bonds is 0. The number of hydrogen-bond donors (Lipinski definition) is 1. The van der Waals surface area contributed by atoms with Gasteiger partial charge in [0.05, 0.1) is 0 Å². The van der Waals surface area contributed by atoms with Crippen molar-refractivity contribution in [3.8, 4) is 0 Å². The van der Waals surface area contributed by atoms with Crippen molar-refractivity contribution in [3.63, 3.8) is 0 Å². The van der Waals surface area contributed by atoms with E-state index in [1.165, 1.54) is 11.1 Å². The van der Waals surface area contributed by atoms with Gasteiger partial charge in [0.15, 0.2) is 0 Å². The van der Waals surface area contributed by atoms with Crippen molar-refractivity contribution in [2.24, 2.45) is 5.92 Å². The number of pyridine rings is 1. The molecular weight excluding hydrogens is 160 g/mol. The van der Waals surface area contributed by atoms with Gasteiger partial charge < -0.3 is 5.32 Å². The minimum atomic E-state index is 0.510. The molecule has 0 saturated carbocycles. The highest BCUT2D eigenvalue weighted by atomic mass is 15.0. The van der Waals surface area contributed by atoms with Crippen molar-refractivity contribution in [1.29, 1.82) is 0 Å². The van der Waals surface area contributed by atoms with Crippen LogP contribution >= 0.6 is 0 Å². The van der Waals surface area contributed by atoms with E-state index in [2.05, 4.69) is 36.8 Å². The Morgan fingerprint density at radius 3 is 3.15 bits per heavy atom. The van der Waals surface area contributed by atoms with E-state index in [1.807, 2.05) is 6.20 Å². The minimum absolute atomic E-state index is 0.510. The van der Waals surface area contributed by atoms with Crippen LogP contribution < -0.4 is 5.32 Å². The Bertz CT molecular complexity index is 355. The maximum absolute atomic E-state index is 4.33. The van der Waals surface area contributed by atoms with Crippen molar-refractivity contribution in [3.05, 3.63) is 35.7 Å². The maximum Gasteiger partial charge on any atom is 0.133 e. The maximum atomic E-state index is 4.33. The summed E-state index contributed by atoms with van der Waals surface area (Å²) < 4.78 is 0. The zero-order valence-electron chi connectivity index (χ0n) is 8.09. The van der Waals surface area contributed by atoms with Crippen LogP contribution in [0.4, 0.5) is 5.82 Å². The molecule has 2 rings (SSSR count). The van der Waals surface area contributed by atoms with E-state index in [1.54, 1.807) is 0 Å². The molecule has 68 valence electrons. The lowest BCUT2D eigenvalue weighted by atomic mass is 9.94. The Morgan fingerprint density at radius 1 is 1.62 bits per heavy atom. The van der Waals surface area contributed by atoms with Crippen LogP contribution in [-0.2, 0) is 6.42 Å². The van der Waals surface area contributed by atoms with Crippen LogP contribution in [0.5, 0.6) is 0 Å². The lowest BCUT2D eigenvalue weighted by Gasteiger charge is -2.24. The largest absolute Gasteiger partial charge is 0.344 e. The molecule has 1 N–H and O–H groups in total. The lowest BCUT2D eigenvalue weighted by molar-refractivity contribution is 0.663. The molecule has 0 amide bonds. The highest BCUT2D eigenvalue weighted by molar-refractivity contribution is 5.53. The molecule has 1 aromatic heterocycles. The van der Waals surface area contributed by atoms with Gasteiger partial charge in [0.1, 0.15) is 5.82 Å². The Morgan fingerprint density at radius 2 is 2.38 bits per heavy atom. The summed E-state index contributed by atoms with van der Waals surface area (Å²) in [6.45, 7) is 8.22. The Hall–Kier alpha value is -1.31. The van der Waals surface area contributed by atoms with Gasteiger partial charge in [0.2, 0.25) is 0 Å². The van der Waals surface area contributed by atoms with E-state index in [0.29, 0.717) is 5.92 Å². The van der Waals surface area contributed by atoms with Crippen LogP contribution in [0.2, 0.25) is 0 Å². The van der Waals surface area contributed by atoms with Crippen LogP contribution in [0.15, 0.2) is 24.5 Å². The van der Waals surface area contributed by atoms with Crippen molar-refractivity contribution >= 4 is 5.82 Å². The second-order valence-electron chi connectivity index (χ2n) is 3.78. The monoisotopic (exact) mass is 174 g/mol. The number of fused-ring (bicyclic) bond motifs is 1. The van der Waals surface area contributed by atoms with Gasteiger partial charge in [0.25, 0.3) is 0 Å². The molecule has 1 atom stereocenters. The molecule has 0 aromatic carbocycles. The first-order valence-corrected chi connectivity index (χ1v) is 4.58. The summed E-state index contributed by atoms with van der Waals surface area (Å²) in [6.07, 6.45) is 2.94. The van der Waals surface area contributed by atoms with Crippen LogP contribution in [0.25, 0.3) is 0 Å². The number of allylic oxidation sites excluding steroid dienone is 1. The van der Waals surface area contributed by atoms with E-state index >= 15 is 0 Å². The fourth-order valence-corrected chi connectivity index (χ4v) is 1.63. The first-order chi connectivity index (χ1) is 6.16. The van der Waals surface area contributed by atoms with Crippen molar-refractivity contribution in [2.45, 2.75) is 20.3 Å². The van der Waals surface area contributed by atoms with E-state index in [-0.39, 0.29) is 0 Å². The fourth-order valence-electron chi connectivity index (χ4n) is 1.63. The number of nitrogens with zero attached hydrogens (tertiary/aromatic N) is 1. The van der Waals surface area contributed by atoms with Gasteiger partial charge in [-0.3, -0.25) is 0 Å². The molecule has 1 unspecified atom stereocenters. The van der Waals surface area contributed by atoms with Gasteiger partial charge in [0, 0.05) is 11.9 Å². The molecule has 0 radical (unpaired) electrons. The highest BCUT2D eigenvalue weighted by Crippen LogP contribution is 2.27. The standard InChI is InChI=1S/C11H14N2/c1-7-4-10-5-8(2)9(3)13-11(10)12-6-7/h4,6,8H,3,5H2,1-2H3,(H,12,13). The quantitative estimate of drug-likeness (QED) is 0.653. The number of hydrogen-bond acceptors (Lipinski definition) is 2. The summed E-state index contributed by atoms with van der Waals surface area (Å²) in [5, 5.41) is 3.23. The number of nitrogens with one attached hydrogen (secondary N) is 1. The predicted octanol–water partition coefficient (Wildman–Crippen LogP) is 2.51. The molecule has 0 aliphatic carbocycles. The average molecular weight is 174 g/mol. The Balaban J connectivity index is 2.42. The van der Waals surface area contributed by atoms with Crippen LogP contribution in [0, 0.1) is 12.8 Å². The van der Waals surface area contributed by atoms with Crippen molar-refractivity contribution in [1.82, 2.24) is 4.98 Å². The molecule has 0 bridgehead atoms. The first-order valence-electron chi connectivity index (χ1n) is 4.58. The number of anilines is 1. The third-order valence-corrected chi connectivity index (χ3v) is 2.50. The number of aromatic nitrogens is 1. The van der Waals surface area contributed by atoms with Gasteiger partial charge in [-0.25, -0.2) is 4.98 Å². The minimum Gasteiger partial charge on any atom is -0.344 e. The van der Waals surface area contributed by atoms with Crippen molar-refractivity contribution < 1.29 is 0 Å². The average Bonchev–Trinajstić information content (AvgIpc) is 2.08. The summed E-state index contributed by atoms with van der Waals surface area (Å²) in [5.41, 5.74) is 3.60. The van der Waals surface area contributed by atoms with Crippen molar-refractivity contribution in [2.75, 3.05) is 5.32 Å². The summed E-state index contributed by atoms with van der Waals surface area (Å²) in [5.74, 6) is 1.49. The predicted molar refractivity (Wildman–Crippen MR) is 54.6 cm³/mol. The second kappa shape index (κ2) is 2.87. The molecule has 0 spiro atoms. The zero-order valence-corrected chi connectivity index (χ0v) is 8.09. The Kier molecular flexibility index (Phi) is 1.83. The van der Waals surface area contributed by atoms with Gasteiger partial charge in [-0.15, -0.1) is 0 Å². The van der Waals surface area contributed by atoms with Gasteiger partial charge in [-0.1, -0.05) is 19.6 Å². The summed E-state index contributed by atoms with van der Waals surface area (Å²) in [4.78, 5) is 4.33. The SMILES string of the molecule is C=C1Nc2ncc(C)cc2CC1C. The number of aryl methyl sites for hydroxylation is 1. The first kappa shape index (κ1) is 8.30. The zero-order chi connectivity index (χ0) is 9.42. The third kappa shape index (κ3) is 1.44. The van der Waals surface area contributed by atoms with Gasteiger partial charge >= 0.3 is 0 Å². The van der Waals surface area contributed by atoms with E-state index in [9.17, 15) is 0 Å².